The third-order valence-corrected chi connectivity index (χ3v) is 4.14. The minimum atomic E-state index is -0.433. The number of benzene rings is 1. The van der Waals surface area contributed by atoms with E-state index in [1.807, 2.05) is 11.8 Å². The molecular formula is C15H22FN3O2. The average molecular weight is 295 g/mol. The van der Waals surface area contributed by atoms with Crippen molar-refractivity contribution in [2.24, 2.45) is 5.92 Å². The molecule has 1 aromatic carbocycles. The fourth-order valence-electron chi connectivity index (χ4n) is 2.61. The molecule has 0 aromatic heterocycles. The molecule has 2 rings (SSSR count). The number of amides is 1. The van der Waals surface area contributed by atoms with Crippen LogP contribution in [0.3, 0.4) is 0 Å². The van der Waals surface area contributed by atoms with Crippen molar-refractivity contribution >= 4 is 17.3 Å². The number of aliphatic hydroxyl groups is 1. The number of nitrogens with zero attached hydrogens (tertiary/aromatic N) is 1. The second kappa shape index (κ2) is 6.41. The minimum Gasteiger partial charge on any atom is -0.397 e. The van der Waals surface area contributed by atoms with Gasteiger partial charge in [-0.3, -0.25) is 9.69 Å². The molecule has 0 aliphatic carbocycles. The van der Waals surface area contributed by atoms with E-state index in [1.165, 1.54) is 18.2 Å². The molecule has 1 aliphatic rings. The van der Waals surface area contributed by atoms with Gasteiger partial charge in [0.05, 0.1) is 23.5 Å². The minimum absolute atomic E-state index is 0.181. The molecule has 21 heavy (non-hydrogen) atoms. The first kappa shape index (κ1) is 15.7. The number of hydrogen-bond acceptors (Lipinski definition) is 4. The summed E-state index contributed by atoms with van der Waals surface area (Å²) in [4.78, 5) is 14.3. The molecule has 0 radical (unpaired) electrons. The summed E-state index contributed by atoms with van der Waals surface area (Å²) in [5.74, 6) is -0.409. The average Bonchev–Trinajstić information content (AvgIpc) is 2.90. The molecule has 0 spiro atoms. The lowest BCUT2D eigenvalue weighted by molar-refractivity contribution is -0.120. The number of carbonyl (C=O) groups is 1. The lowest BCUT2D eigenvalue weighted by atomic mass is 10.0. The molecule has 1 saturated heterocycles. The Morgan fingerprint density at radius 3 is 2.81 bits per heavy atom. The van der Waals surface area contributed by atoms with E-state index in [0.29, 0.717) is 12.2 Å². The van der Waals surface area contributed by atoms with Gasteiger partial charge in [0.2, 0.25) is 5.91 Å². The van der Waals surface area contributed by atoms with Crippen molar-refractivity contribution in [1.29, 1.82) is 0 Å². The van der Waals surface area contributed by atoms with E-state index in [-0.39, 0.29) is 29.7 Å². The van der Waals surface area contributed by atoms with Crippen LogP contribution in [-0.2, 0) is 4.79 Å². The van der Waals surface area contributed by atoms with E-state index in [4.69, 9.17) is 5.73 Å². The van der Waals surface area contributed by atoms with E-state index in [1.54, 1.807) is 6.92 Å². The van der Waals surface area contributed by atoms with Gasteiger partial charge in [0.1, 0.15) is 5.82 Å². The number of halogens is 1. The third-order valence-electron chi connectivity index (χ3n) is 4.14. The molecule has 0 bridgehead atoms. The summed E-state index contributed by atoms with van der Waals surface area (Å²) in [6.07, 6.45) is 0.520. The summed E-state index contributed by atoms with van der Waals surface area (Å²) in [7, 11) is 0. The molecule has 1 aliphatic heterocycles. The Morgan fingerprint density at radius 2 is 2.24 bits per heavy atom. The Hall–Kier alpha value is -1.66. The van der Waals surface area contributed by atoms with Crippen molar-refractivity contribution in [3.05, 3.63) is 24.0 Å². The molecule has 1 heterocycles. The van der Waals surface area contributed by atoms with Crippen molar-refractivity contribution in [2.75, 3.05) is 24.1 Å². The maximum absolute atomic E-state index is 13.0. The predicted molar refractivity (Wildman–Crippen MR) is 80.3 cm³/mol. The van der Waals surface area contributed by atoms with Crippen molar-refractivity contribution in [3.8, 4) is 0 Å². The molecule has 1 amide bonds. The summed E-state index contributed by atoms with van der Waals surface area (Å²) >= 11 is 0. The number of aliphatic hydroxyl groups excluding tert-OH is 1. The predicted octanol–water partition coefficient (Wildman–Crippen LogP) is 1.44. The fourth-order valence-corrected chi connectivity index (χ4v) is 2.61. The monoisotopic (exact) mass is 295 g/mol. The zero-order chi connectivity index (χ0) is 15.6. The van der Waals surface area contributed by atoms with E-state index < -0.39 is 5.82 Å². The summed E-state index contributed by atoms with van der Waals surface area (Å²) in [5, 5.41) is 12.3. The van der Waals surface area contributed by atoms with Gasteiger partial charge < -0.3 is 16.2 Å². The number of carbonyl (C=O) groups excluding carboxylic acids is 1. The maximum atomic E-state index is 13.0. The Labute approximate surface area is 123 Å². The van der Waals surface area contributed by atoms with Crippen molar-refractivity contribution in [1.82, 2.24) is 4.90 Å². The zero-order valence-corrected chi connectivity index (χ0v) is 12.3. The van der Waals surface area contributed by atoms with Crippen molar-refractivity contribution in [2.45, 2.75) is 32.4 Å². The van der Waals surface area contributed by atoms with Gasteiger partial charge in [0, 0.05) is 6.54 Å². The fraction of sp³-hybridized carbons (Fsp3) is 0.533. The van der Waals surface area contributed by atoms with Crippen LogP contribution in [0.1, 0.15) is 20.3 Å². The molecule has 0 saturated carbocycles. The summed E-state index contributed by atoms with van der Waals surface area (Å²) in [6, 6.07) is 3.58. The maximum Gasteiger partial charge on any atom is 0.241 e. The second-order valence-corrected chi connectivity index (χ2v) is 5.68. The molecule has 6 heteroatoms. The molecule has 3 atom stereocenters. The zero-order valence-electron chi connectivity index (χ0n) is 12.3. The standard InChI is InChI=1S/C15H22FN3O2/c1-9(19-6-5-11(8-19)10(2)20)15(21)18-14-4-3-12(16)7-13(14)17/h3-4,7,9-11,20H,5-6,8,17H2,1-2H3,(H,18,21). The molecule has 116 valence electrons. The highest BCUT2D eigenvalue weighted by molar-refractivity contribution is 5.97. The van der Waals surface area contributed by atoms with Gasteiger partial charge in [-0.1, -0.05) is 0 Å². The van der Waals surface area contributed by atoms with E-state index in [9.17, 15) is 14.3 Å². The van der Waals surface area contributed by atoms with Crippen molar-refractivity contribution in [3.63, 3.8) is 0 Å². The number of rotatable bonds is 4. The molecule has 3 unspecified atom stereocenters. The normalized spacial score (nSPS) is 22.0. The molecule has 1 fully saturated rings. The Bertz CT molecular complexity index is 522. The number of likely N-dealkylation sites (tertiary alicyclic amines) is 1. The summed E-state index contributed by atoms with van der Waals surface area (Å²) in [6.45, 7) is 5.08. The van der Waals surface area contributed by atoms with Crippen molar-refractivity contribution < 1.29 is 14.3 Å². The number of nitrogens with one attached hydrogen (secondary N) is 1. The topological polar surface area (TPSA) is 78.6 Å². The lowest BCUT2D eigenvalue weighted by Gasteiger charge is -2.24. The molecule has 1 aromatic rings. The van der Waals surface area contributed by atoms with Gasteiger partial charge in [-0.25, -0.2) is 4.39 Å². The van der Waals surface area contributed by atoms with Crippen LogP contribution in [0.4, 0.5) is 15.8 Å². The van der Waals surface area contributed by atoms with Crippen LogP contribution in [0.5, 0.6) is 0 Å². The quantitative estimate of drug-likeness (QED) is 0.734. The van der Waals surface area contributed by atoms with Gasteiger partial charge in [-0.05, 0) is 50.9 Å². The highest BCUT2D eigenvalue weighted by Crippen LogP contribution is 2.23. The Morgan fingerprint density at radius 1 is 1.52 bits per heavy atom. The number of anilines is 2. The van der Waals surface area contributed by atoms with E-state index >= 15 is 0 Å². The van der Waals surface area contributed by atoms with Crippen LogP contribution in [0.15, 0.2) is 18.2 Å². The lowest BCUT2D eigenvalue weighted by Crippen LogP contribution is -2.41. The molecule has 5 nitrogen and oxygen atoms in total. The largest absolute Gasteiger partial charge is 0.397 e. The van der Waals surface area contributed by atoms with E-state index in [0.717, 1.165) is 13.0 Å². The highest BCUT2D eigenvalue weighted by atomic mass is 19.1. The van der Waals surface area contributed by atoms with Crippen LogP contribution in [0, 0.1) is 11.7 Å². The van der Waals surface area contributed by atoms with E-state index in [2.05, 4.69) is 5.32 Å². The van der Waals surface area contributed by atoms with Gasteiger partial charge in [0.25, 0.3) is 0 Å². The smallest absolute Gasteiger partial charge is 0.241 e. The molecule has 4 N–H and O–H groups in total. The first-order valence-electron chi connectivity index (χ1n) is 7.16. The Kier molecular flexibility index (Phi) is 4.80. The van der Waals surface area contributed by atoms with Gasteiger partial charge in [-0.15, -0.1) is 0 Å². The SMILES string of the molecule is CC(O)C1CCN(C(C)C(=O)Nc2ccc(F)cc2N)C1. The first-order chi connectivity index (χ1) is 9.88. The first-order valence-corrected chi connectivity index (χ1v) is 7.16. The summed E-state index contributed by atoms with van der Waals surface area (Å²) in [5.41, 5.74) is 6.31. The van der Waals surface area contributed by atoms with Gasteiger partial charge in [-0.2, -0.15) is 0 Å². The van der Waals surface area contributed by atoms with Crippen LogP contribution >= 0.6 is 0 Å². The number of nitrogen functional groups attached to an aromatic ring is 1. The number of nitrogens with two attached hydrogens (primary N) is 1. The van der Waals surface area contributed by atoms with Gasteiger partial charge in [0.15, 0.2) is 0 Å². The molecular weight excluding hydrogens is 273 g/mol. The number of hydrogen-bond donors (Lipinski definition) is 3. The van der Waals surface area contributed by atoms with Gasteiger partial charge >= 0.3 is 0 Å². The second-order valence-electron chi connectivity index (χ2n) is 5.68. The van der Waals surface area contributed by atoms with Crippen LogP contribution in [-0.4, -0.2) is 41.1 Å². The Balaban J connectivity index is 1.97. The van der Waals surface area contributed by atoms with Crippen LogP contribution in [0.2, 0.25) is 0 Å². The summed E-state index contributed by atoms with van der Waals surface area (Å²) < 4.78 is 13.0. The van der Waals surface area contributed by atoms with Crippen LogP contribution in [0.25, 0.3) is 0 Å². The van der Waals surface area contributed by atoms with Crippen LogP contribution < -0.4 is 11.1 Å². The highest BCUT2D eigenvalue weighted by Gasteiger charge is 2.31. The third kappa shape index (κ3) is 3.71.